The minimum absolute atomic E-state index is 0.0288. The molecule has 1 unspecified atom stereocenters. The van der Waals surface area contributed by atoms with Crippen molar-refractivity contribution >= 4 is 29.0 Å². The summed E-state index contributed by atoms with van der Waals surface area (Å²) in [5, 5.41) is 8.02. The largest absolute Gasteiger partial charge is 0.349 e. The van der Waals surface area contributed by atoms with E-state index in [1.54, 1.807) is 26.8 Å². The van der Waals surface area contributed by atoms with E-state index in [1.165, 1.54) is 47.8 Å². The maximum atomic E-state index is 14.8. The third-order valence-electron chi connectivity index (χ3n) is 4.10. The molecule has 0 saturated carbocycles. The first-order valence-corrected chi connectivity index (χ1v) is 9.93. The Kier molecular flexibility index (Phi) is 6.21. The first-order valence-electron chi connectivity index (χ1n) is 9.10. The number of anilines is 1. The van der Waals surface area contributed by atoms with Gasteiger partial charge >= 0.3 is 0 Å². The summed E-state index contributed by atoms with van der Waals surface area (Å²) in [5.74, 6) is -2.44. The zero-order valence-corrected chi connectivity index (χ0v) is 17.4. The van der Waals surface area contributed by atoms with E-state index in [4.69, 9.17) is 0 Å². The van der Waals surface area contributed by atoms with Gasteiger partial charge in [-0.1, -0.05) is 28.8 Å². The number of hydrogen-bond acceptors (Lipinski definition) is 5. The van der Waals surface area contributed by atoms with Gasteiger partial charge in [-0.05, 0) is 62.1 Å². The highest BCUT2D eigenvalue weighted by Crippen LogP contribution is 2.32. The topological polar surface area (TPSA) is 75.2 Å². The molecular formula is C21H20F2N4O2S. The molecule has 2 amide bonds. The number of benzene rings is 2. The summed E-state index contributed by atoms with van der Waals surface area (Å²) in [5.41, 5.74) is -0.438. The van der Waals surface area contributed by atoms with Gasteiger partial charge in [0.15, 0.2) is 5.69 Å². The monoisotopic (exact) mass is 430 g/mol. The van der Waals surface area contributed by atoms with E-state index in [2.05, 4.69) is 14.9 Å². The van der Waals surface area contributed by atoms with Crippen molar-refractivity contribution in [3.8, 4) is 0 Å². The number of nitrogens with one attached hydrogen (secondary N) is 1. The van der Waals surface area contributed by atoms with Crippen molar-refractivity contribution in [3.63, 3.8) is 0 Å². The van der Waals surface area contributed by atoms with Gasteiger partial charge in [0.2, 0.25) is 5.91 Å². The first-order chi connectivity index (χ1) is 14.2. The Morgan fingerprint density at radius 2 is 1.73 bits per heavy atom. The van der Waals surface area contributed by atoms with E-state index in [0.29, 0.717) is 5.56 Å². The number of carbonyl (C=O) groups excluding carboxylic acids is 2. The zero-order valence-electron chi connectivity index (χ0n) is 16.6. The Morgan fingerprint density at radius 3 is 2.30 bits per heavy atom. The highest BCUT2D eigenvalue weighted by molar-refractivity contribution is 7.03. The molecule has 156 valence electrons. The van der Waals surface area contributed by atoms with Crippen LogP contribution in [-0.2, 0) is 4.79 Å². The normalized spacial score (nSPS) is 12.3. The van der Waals surface area contributed by atoms with Crippen LogP contribution in [0.4, 0.5) is 14.5 Å². The maximum absolute atomic E-state index is 14.8. The Bertz CT molecular complexity index is 1030. The summed E-state index contributed by atoms with van der Waals surface area (Å²) in [7, 11) is 0. The quantitative estimate of drug-likeness (QED) is 0.661. The zero-order chi connectivity index (χ0) is 21.9. The van der Waals surface area contributed by atoms with Crippen molar-refractivity contribution in [1.29, 1.82) is 0 Å². The van der Waals surface area contributed by atoms with Crippen LogP contribution in [0.15, 0.2) is 53.9 Å². The molecule has 0 radical (unpaired) electrons. The number of para-hydroxylation sites is 1. The highest BCUT2D eigenvalue weighted by atomic mass is 32.1. The van der Waals surface area contributed by atoms with Crippen LogP contribution in [0.1, 0.15) is 42.9 Å². The van der Waals surface area contributed by atoms with Crippen molar-refractivity contribution in [2.45, 2.75) is 32.4 Å². The van der Waals surface area contributed by atoms with Crippen LogP contribution in [-0.4, -0.2) is 26.9 Å². The number of hydrogen-bond donors (Lipinski definition) is 1. The number of halogens is 2. The molecular weight excluding hydrogens is 410 g/mol. The average molecular weight is 430 g/mol. The van der Waals surface area contributed by atoms with E-state index >= 15 is 0 Å². The second-order valence-electron chi connectivity index (χ2n) is 7.61. The molecule has 0 aliphatic carbocycles. The van der Waals surface area contributed by atoms with Crippen LogP contribution in [0.5, 0.6) is 0 Å². The lowest BCUT2D eigenvalue weighted by molar-refractivity contribution is -0.123. The molecule has 2 aromatic carbocycles. The summed E-state index contributed by atoms with van der Waals surface area (Å²) in [4.78, 5) is 27.6. The Hall–Kier alpha value is -3.20. The second kappa shape index (κ2) is 8.66. The lowest BCUT2D eigenvalue weighted by Crippen LogP contribution is -2.49. The van der Waals surface area contributed by atoms with Crippen molar-refractivity contribution in [3.05, 3.63) is 76.8 Å². The number of nitrogens with zero attached hydrogens (tertiary/aromatic N) is 3. The summed E-state index contributed by atoms with van der Waals surface area (Å²) >= 11 is 0.960. The second-order valence-corrected chi connectivity index (χ2v) is 8.22. The smallest absolute Gasteiger partial charge is 0.280 e. The highest BCUT2D eigenvalue weighted by Gasteiger charge is 2.37. The van der Waals surface area contributed by atoms with Crippen molar-refractivity contribution in [2.24, 2.45) is 0 Å². The SMILES string of the molecule is CC(C)(C)NC(=O)C(c1ccc(F)cc1)N(C(=O)c1csnn1)c1ccccc1F. The number of carbonyl (C=O) groups is 2. The molecule has 0 aliphatic heterocycles. The molecule has 9 heteroatoms. The minimum Gasteiger partial charge on any atom is -0.349 e. The van der Waals surface area contributed by atoms with Gasteiger partial charge in [0.1, 0.15) is 17.7 Å². The van der Waals surface area contributed by atoms with Gasteiger partial charge in [0.05, 0.1) is 5.69 Å². The summed E-state index contributed by atoms with van der Waals surface area (Å²) in [6.07, 6.45) is 0. The van der Waals surface area contributed by atoms with E-state index in [-0.39, 0.29) is 11.4 Å². The fourth-order valence-electron chi connectivity index (χ4n) is 2.89. The molecule has 0 spiro atoms. The fourth-order valence-corrected chi connectivity index (χ4v) is 3.32. The van der Waals surface area contributed by atoms with Gasteiger partial charge in [-0.15, -0.1) is 5.10 Å². The number of rotatable bonds is 5. The van der Waals surface area contributed by atoms with Gasteiger partial charge in [0, 0.05) is 10.9 Å². The maximum Gasteiger partial charge on any atom is 0.280 e. The van der Waals surface area contributed by atoms with Gasteiger partial charge in [0.25, 0.3) is 5.91 Å². The van der Waals surface area contributed by atoms with E-state index in [0.717, 1.165) is 16.4 Å². The summed E-state index contributed by atoms with van der Waals surface area (Å²) < 4.78 is 32.0. The molecule has 1 heterocycles. The van der Waals surface area contributed by atoms with Crippen molar-refractivity contribution < 1.29 is 18.4 Å². The van der Waals surface area contributed by atoms with Crippen LogP contribution in [0.2, 0.25) is 0 Å². The van der Waals surface area contributed by atoms with E-state index in [1.807, 2.05) is 0 Å². The fraction of sp³-hybridized carbons (Fsp3) is 0.238. The van der Waals surface area contributed by atoms with Gasteiger partial charge in [-0.25, -0.2) is 8.78 Å². The molecule has 0 aliphatic rings. The van der Waals surface area contributed by atoms with Crippen LogP contribution in [0, 0.1) is 11.6 Å². The van der Waals surface area contributed by atoms with Crippen LogP contribution in [0.3, 0.4) is 0 Å². The minimum atomic E-state index is -1.27. The predicted molar refractivity (Wildman–Crippen MR) is 110 cm³/mol. The Morgan fingerprint density at radius 1 is 1.07 bits per heavy atom. The van der Waals surface area contributed by atoms with Gasteiger partial charge < -0.3 is 5.32 Å². The van der Waals surface area contributed by atoms with Crippen molar-refractivity contribution in [2.75, 3.05) is 4.90 Å². The Balaban J connectivity index is 2.19. The standard InChI is InChI=1S/C21H20F2N4O2S/c1-21(2,3)24-19(28)18(13-8-10-14(22)11-9-13)27(17-7-5-4-6-15(17)23)20(29)16-12-30-26-25-16/h4-12,18H,1-3H3,(H,24,28). The predicted octanol–water partition coefficient (Wildman–Crippen LogP) is 4.12. The molecule has 0 fully saturated rings. The van der Waals surface area contributed by atoms with Gasteiger partial charge in [-0.2, -0.15) is 0 Å². The third-order valence-corrected chi connectivity index (χ3v) is 4.61. The van der Waals surface area contributed by atoms with Crippen LogP contribution >= 0.6 is 11.5 Å². The molecule has 3 rings (SSSR count). The lowest BCUT2D eigenvalue weighted by Gasteiger charge is -2.33. The molecule has 1 N–H and O–H groups in total. The molecule has 1 aromatic heterocycles. The molecule has 0 saturated heterocycles. The van der Waals surface area contributed by atoms with Crippen LogP contribution in [0.25, 0.3) is 0 Å². The average Bonchev–Trinajstić information content (AvgIpc) is 3.21. The number of aromatic nitrogens is 2. The molecule has 6 nitrogen and oxygen atoms in total. The number of amides is 2. The van der Waals surface area contributed by atoms with Crippen LogP contribution < -0.4 is 10.2 Å². The molecule has 30 heavy (non-hydrogen) atoms. The first kappa shape index (κ1) is 21.5. The molecule has 0 bridgehead atoms. The summed E-state index contributed by atoms with van der Waals surface area (Å²) in [6.45, 7) is 5.35. The molecule has 1 atom stereocenters. The third kappa shape index (κ3) is 4.85. The Labute approximate surface area is 176 Å². The van der Waals surface area contributed by atoms with E-state index in [9.17, 15) is 18.4 Å². The van der Waals surface area contributed by atoms with Crippen molar-refractivity contribution in [1.82, 2.24) is 14.9 Å². The summed E-state index contributed by atoms with van der Waals surface area (Å²) in [6, 6.07) is 9.51. The molecule has 3 aromatic rings. The van der Waals surface area contributed by atoms with E-state index < -0.39 is 35.0 Å². The van der Waals surface area contributed by atoms with Gasteiger partial charge in [-0.3, -0.25) is 14.5 Å². The lowest BCUT2D eigenvalue weighted by atomic mass is 10.0.